The fourth-order valence-electron chi connectivity index (χ4n) is 3.69. The van der Waals surface area contributed by atoms with Gasteiger partial charge >= 0.3 is 0 Å². The van der Waals surface area contributed by atoms with Crippen molar-refractivity contribution >= 4 is 27.5 Å². The number of rotatable bonds is 7. The molecule has 1 heterocycles. The first kappa shape index (κ1) is 25.2. The minimum absolute atomic E-state index is 0.0392. The topological polar surface area (TPSA) is 130 Å². The Morgan fingerprint density at radius 1 is 1.03 bits per heavy atom. The summed E-state index contributed by atoms with van der Waals surface area (Å²) in [6.45, 7) is 3.42. The number of hydrogen-bond acceptors (Lipinski definition) is 6. The van der Waals surface area contributed by atoms with E-state index in [1.54, 1.807) is 13.8 Å². The van der Waals surface area contributed by atoms with Gasteiger partial charge < -0.3 is 10.2 Å². The minimum Gasteiger partial charge on any atom is -0.340 e. The molecule has 1 atom stereocenters. The number of carbonyl (C=O) groups excluding carboxylic acids is 2. The van der Waals surface area contributed by atoms with Crippen LogP contribution in [0.15, 0.2) is 53.4 Å². The van der Waals surface area contributed by atoms with Gasteiger partial charge in [0.1, 0.15) is 11.9 Å². The average molecular weight is 493 g/mol. The van der Waals surface area contributed by atoms with E-state index in [0.29, 0.717) is 0 Å². The van der Waals surface area contributed by atoms with Gasteiger partial charge in [-0.3, -0.25) is 19.7 Å². The maximum Gasteiger partial charge on any atom is 0.289 e. The maximum absolute atomic E-state index is 14.0. The van der Waals surface area contributed by atoms with Crippen LogP contribution < -0.4 is 5.32 Å². The highest BCUT2D eigenvalue weighted by molar-refractivity contribution is 7.89. The van der Waals surface area contributed by atoms with Crippen molar-refractivity contribution in [3.8, 4) is 0 Å². The maximum atomic E-state index is 14.0. The predicted molar refractivity (Wildman–Crippen MR) is 121 cm³/mol. The monoisotopic (exact) mass is 492 g/mol. The van der Waals surface area contributed by atoms with Crippen LogP contribution in [0.4, 0.5) is 10.1 Å². The van der Waals surface area contributed by atoms with Crippen molar-refractivity contribution in [2.45, 2.75) is 24.8 Å². The Balaban J connectivity index is 1.71. The molecule has 0 bridgehead atoms. The lowest BCUT2D eigenvalue weighted by Gasteiger charge is -2.36. The van der Waals surface area contributed by atoms with Crippen LogP contribution in [-0.4, -0.2) is 66.6 Å². The van der Waals surface area contributed by atoms with E-state index >= 15 is 0 Å². The molecule has 2 amide bonds. The van der Waals surface area contributed by atoms with Crippen LogP contribution in [0.3, 0.4) is 0 Å². The number of nitro benzene ring substituents is 1. The Bertz CT molecular complexity index is 1200. The molecule has 10 nitrogen and oxygen atoms in total. The quantitative estimate of drug-likeness (QED) is 0.465. The lowest BCUT2D eigenvalue weighted by Crippen LogP contribution is -2.57. The number of benzene rings is 2. The zero-order chi connectivity index (χ0) is 25.0. The number of hydrogen-bond donors (Lipinski definition) is 1. The van der Waals surface area contributed by atoms with Crippen molar-refractivity contribution in [1.82, 2.24) is 14.5 Å². The SMILES string of the molecule is CC(C)[C@H](NC(=O)c1ccccc1F)C(=O)N1CCN(S(=O)(=O)c2ccccc2[N+](=O)[O-])CC1. The molecule has 1 N–H and O–H groups in total. The van der Waals surface area contributed by atoms with E-state index in [9.17, 15) is 32.5 Å². The molecule has 1 aliphatic rings. The summed E-state index contributed by atoms with van der Waals surface area (Å²) >= 11 is 0. The summed E-state index contributed by atoms with van der Waals surface area (Å²) in [5.74, 6) is -2.15. The smallest absolute Gasteiger partial charge is 0.289 e. The van der Waals surface area contributed by atoms with E-state index in [1.165, 1.54) is 41.3 Å². The van der Waals surface area contributed by atoms with Crippen molar-refractivity contribution < 1.29 is 27.3 Å². The highest BCUT2D eigenvalue weighted by atomic mass is 32.2. The number of amides is 2. The Kier molecular flexibility index (Phi) is 7.62. The molecule has 0 radical (unpaired) electrons. The Morgan fingerprint density at radius 2 is 1.62 bits per heavy atom. The van der Waals surface area contributed by atoms with E-state index < -0.39 is 49.2 Å². The van der Waals surface area contributed by atoms with Gasteiger partial charge in [0.15, 0.2) is 4.90 Å². The molecule has 2 aromatic carbocycles. The van der Waals surface area contributed by atoms with Crippen LogP contribution in [0.2, 0.25) is 0 Å². The summed E-state index contributed by atoms with van der Waals surface area (Å²) < 4.78 is 41.0. The van der Waals surface area contributed by atoms with Gasteiger partial charge in [-0.15, -0.1) is 0 Å². The standard InChI is InChI=1S/C22H25FN4O6S/c1-15(2)20(24-21(28)16-7-3-4-8-17(16)23)22(29)25-11-13-26(14-12-25)34(32,33)19-10-6-5-9-18(19)27(30)31/h3-10,15,20H,11-14H2,1-2H3,(H,24,28)/t20-/m0/s1. The molecule has 0 unspecified atom stereocenters. The summed E-state index contributed by atoms with van der Waals surface area (Å²) in [4.78, 5) is 37.2. The van der Waals surface area contributed by atoms with E-state index in [-0.39, 0.29) is 37.7 Å². The summed E-state index contributed by atoms with van der Waals surface area (Å²) in [5.41, 5.74) is -0.696. The number of nitrogens with zero attached hydrogens (tertiary/aromatic N) is 3. The molecule has 3 rings (SSSR count). The Morgan fingerprint density at radius 3 is 2.21 bits per heavy atom. The molecule has 34 heavy (non-hydrogen) atoms. The molecular formula is C22H25FN4O6S. The first-order valence-corrected chi connectivity index (χ1v) is 12.1. The average Bonchev–Trinajstić information content (AvgIpc) is 2.82. The summed E-state index contributed by atoms with van der Waals surface area (Å²) in [5, 5.41) is 13.8. The lowest BCUT2D eigenvalue weighted by atomic mass is 10.0. The number of sulfonamides is 1. The van der Waals surface area contributed by atoms with Gasteiger partial charge in [0.2, 0.25) is 15.9 Å². The van der Waals surface area contributed by atoms with Gasteiger partial charge in [-0.1, -0.05) is 38.1 Å². The van der Waals surface area contributed by atoms with Crippen LogP contribution in [0, 0.1) is 21.8 Å². The van der Waals surface area contributed by atoms with Crippen LogP contribution in [0.5, 0.6) is 0 Å². The molecule has 0 saturated carbocycles. The van der Waals surface area contributed by atoms with Gasteiger partial charge in [0.25, 0.3) is 11.6 Å². The van der Waals surface area contributed by atoms with Gasteiger partial charge in [0, 0.05) is 32.2 Å². The summed E-state index contributed by atoms with van der Waals surface area (Å²) in [7, 11) is -4.14. The van der Waals surface area contributed by atoms with E-state index in [0.717, 1.165) is 16.4 Å². The number of para-hydroxylation sites is 1. The third kappa shape index (κ3) is 5.23. The number of halogens is 1. The first-order chi connectivity index (χ1) is 16.0. The Labute approximate surface area is 196 Å². The molecule has 0 aliphatic carbocycles. The number of carbonyl (C=O) groups is 2. The van der Waals surface area contributed by atoms with Crippen molar-refractivity contribution in [3.05, 3.63) is 70.0 Å². The molecule has 182 valence electrons. The van der Waals surface area contributed by atoms with Crippen LogP contribution in [0.1, 0.15) is 24.2 Å². The number of piperazine rings is 1. The lowest BCUT2D eigenvalue weighted by molar-refractivity contribution is -0.387. The molecular weight excluding hydrogens is 467 g/mol. The fourth-order valence-corrected chi connectivity index (χ4v) is 5.27. The normalized spacial score (nSPS) is 15.7. The Hall–Kier alpha value is -3.38. The number of nitrogens with one attached hydrogen (secondary N) is 1. The van der Waals surface area contributed by atoms with Crippen LogP contribution >= 0.6 is 0 Å². The molecule has 1 fully saturated rings. The van der Waals surface area contributed by atoms with E-state index in [1.807, 2.05) is 0 Å². The van der Waals surface area contributed by atoms with Crippen LogP contribution in [0.25, 0.3) is 0 Å². The fraction of sp³-hybridized carbons (Fsp3) is 0.364. The van der Waals surface area contributed by atoms with E-state index in [2.05, 4.69) is 5.32 Å². The summed E-state index contributed by atoms with van der Waals surface area (Å²) in [6.07, 6.45) is 0. The first-order valence-electron chi connectivity index (χ1n) is 10.6. The van der Waals surface area contributed by atoms with Crippen molar-refractivity contribution in [2.24, 2.45) is 5.92 Å². The molecule has 0 aromatic heterocycles. The van der Waals surface area contributed by atoms with Gasteiger partial charge in [-0.25, -0.2) is 12.8 Å². The second-order valence-corrected chi connectivity index (χ2v) is 10.0. The van der Waals surface area contributed by atoms with Crippen molar-refractivity contribution in [2.75, 3.05) is 26.2 Å². The third-order valence-electron chi connectivity index (χ3n) is 5.57. The molecule has 2 aromatic rings. The zero-order valence-electron chi connectivity index (χ0n) is 18.7. The molecule has 1 saturated heterocycles. The van der Waals surface area contributed by atoms with E-state index in [4.69, 9.17) is 0 Å². The number of nitro groups is 1. The third-order valence-corrected chi connectivity index (χ3v) is 7.51. The van der Waals surface area contributed by atoms with Crippen LogP contribution in [-0.2, 0) is 14.8 Å². The predicted octanol–water partition coefficient (Wildman–Crippen LogP) is 2.02. The van der Waals surface area contributed by atoms with Crippen molar-refractivity contribution in [1.29, 1.82) is 0 Å². The van der Waals surface area contributed by atoms with Gasteiger partial charge in [-0.2, -0.15) is 4.31 Å². The second-order valence-electron chi connectivity index (χ2n) is 8.13. The molecule has 1 aliphatic heterocycles. The van der Waals surface area contributed by atoms with Crippen molar-refractivity contribution in [3.63, 3.8) is 0 Å². The van der Waals surface area contributed by atoms with Gasteiger partial charge in [-0.05, 0) is 24.1 Å². The molecule has 0 spiro atoms. The van der Waals surface area contributed by atoms with Gasteiger partial charge in [0.05, 0.1) is 10.5 Å². The largest absolute Gasteiger partial charge is 0.340 e. The second kappa shape index (κ2) is 10.3. The zero-order valence-corrected chi connectivity index (χ0v) is 19.5. The summed E-state index contributed by atoms with van der Waals surface area (Å²) in [6, 6.07) is 9.59. The molecule has 12 heteroatoms. The minimum atomic E-state index is -4.14. The highest BCUT2D eigenvalue weighted by Crippen LogP contribution is 2.27. The highest BCUT2D eigenvalue weighted by Gasteiger charge is 2.36.